The van der Waals surface area contributed by atoms with Gasteiger partial charge in [-0.1, -0.05) is 28.1 Å². The average Bonchev–Trinajstić information content (AvgIpc) is 2.71. The summed E-state index contributed by atoms with van der Waals surface area (Å²) in [4.78, 5) is 12.4. The largest absolute Gasteiger partial charge is 0.286 e. The molecule has 4 rings (SSSR count). The molecule has 0 aromatic heterocycles. The van der Waals surface area contributed by atoms with E-state index in [2.05, 4.69) is 32.4 Å². The van der Waals surface area contributed by atoms with E-state index in [-0.39, 0.29) is 0 Å². The van der Waals surface area contributed by atoms with Crippen molar-refractivity contribution in [1.82, 2.24) is 4.31 Å². The third-order valence-corrected chi connectivity index (χ3v) is 6.26. The molecular formula is C13H18BrNOS. The molecule has 4 atom stereocenters. The van der Waals surface area contributed by atoms with Crippen LogP contribution in [0, 0.1) is 17.8 Å². The Balaban J connectivity index is 1.67. The lowest BCUT2D eigenvalue weighted by atomic mass is 9.68. The van der Waals surface area contributed by atoms with Crippen molar-refractivity contribution in [3.8, 4) is 0 Å². The van der Waals surface area contributed by atoms with Crippen molar-refractivity contribution < 1.29 is 4.79 Å². The van der Waals surface area contributed by atoms with E-state index in [1.807, 2.05) is 11.9 Å². The molecule has 94 valence electrons. The van der Waals surface area contributed by atoms with Crippen LogP contribution < -0.4 is 0 Å². The third-order valence-electron chi connectivity index (χ3n) is 4.20. The Morgan fingerprint density at radius 3 is 2.71 bits per heavy atom. The molecule has 1 amide bonds. The fourth-order valence-electron chi connectivity index (χ4n) is 3.29. The summed E-state index contributed by atoms with van der Waals surface area (Å²) >= 11 is 5.28. The van der Waals surface area contributed by atoms with Crippen molar-refractivity contribution >= 4 is 33.8 Å². The quantitative estimate of drug-likeness (QED) is 0.343. The molecule has 1 saturated heterocycles. The minimum Gasteiger partial charge on any atom is -0.286 e. The lowest BCUT2D eigenvalue weighted by Crippen LogP contribution is -2.40. The summed E-state index contributed by atoms with van der Waals surface area (Å²) < 4.78 is 2.05. The molecule has 2 fully saturated rings. The standard InChI is InChI=1S/C13H18BrNOS/c14-7-1-2-8-15-13(16)11-9-3-5-10(6-4-9)12(11)17-15/h3,5,9-12H,1-2,4,6-8H2. The number of hydrogen-bond donors (Lipinski definition) is 0. The van der Waals surface area contributed by atoms with Crippen LogP contribution in [0.15, 0.2) is 12.2 Å². The Morgan fingerprint density at radius 2 is 2.06 bits per heavy atom. The van der Waals surface area contributed by atoms with E-state index in [4.69, 9.17) is 0 Å². The summed E-state index contributed by atoms with van der Waals surface area (Å²) in [6.07, 6.45) is 9.45. The first-order chi connectivity index (χ1) is 8.31. The highest BCUT2D eigenvalue weighted by molar-refractivity contribution is 9.09. The van der Waals surface area contributed by atoms with Crippen LogP contribution in [0.2, 0.25) is 0 Å². The molecule has 0 radical (unpaired) electrons. The molecule has 2 bridgehead atoms. The van der Waals surface area contributed by atoms with E-state index < -0.39 is 0 Å². The van der Waals surface area contributed by atoms with Gasteiger partial charge in [-0.15, -0.1) is 0 Å². The van der Waals surface area contributed by atoms with Crippen LogP contribution in [0.25, 0.3) is 0 Å². The van der Waals surface area contributed by atoms with E-state index in [0.29, 0.717) is 28.9 Å². The van der Waals surface area contributed by atoms with Crippen LogP contribution in [0.1, 0.15) is 25.7 Å². The molecule has 1 heterocycles. The molecule has 4 unspecified atom stereocenters. The number of halogens is 1. The fourth-order valence-corrected chi connectivity index (χ4v) is 5.27. The van der Waals surface area contributed by atoms with Crippen molar-refractivity contribution in [2.75, 3.05) is 11.9 Å². The van der Waals surface area contributed by atoms with Gasteiger partial charge < -0.3 is 0 Å². The van der Waals surface area contributed by atoms with Gasteiger partial charge in [-0.2, -0.15) is 0 Å². The first kappa shape index (κ1) is 12.1. The number of fused-ring (bicyclic) bond motifs is 1. The predicted molar refractivity (Wildman–Crippen MR) is 75.0 cm³/mol. The average molecular weight is 316 g/mol. The molecule has 0 N–H and O–H groups in total. The van der Waals surface area contributed by atoms with E-state index in [9.17, 15) is 4.79 Å². The van der Waals surface area contributed by atoms with Gasteiger partial charge in [-0.25, -0.2) is 0 Å². The number of nitrogens with zero attached hydrogens (tertiary/aromatic N) is 1. The van der Waals surface area contributed by atoms with Crippen LogP contribution in [-0.2, 0) is 4.79 Å². The van der Waals surface area contributed by atoms with E-state index >= 15 is 0 Å². The maximum atomic E-state index is 12.4. The van der Waals surface area contributed by atoms with Gasteiger partial charge in [0.2, 0.25) is 5.91 Å². The molecule has 3 aliphatic carbocycles. The number of alkyl halides is 1. The van der Waals surface area contributed by atoms with Gasteiger partial charge in [0.25, 0.3) is 0 Å². The van der Waals surface area contributed by atoms with E-state index in [0.717, 1.165) is 24.7 Å². The number of hydrogen-bond acceptors (Lipinski definition) is 2. The first-order valence-corrected chi connectivity index (χ1v) is 8.49. The molecule has 0 aromatic rings. The lowest BCUT2D eigenvalue weighted by molar-refractivity contribution is -0.131. The number of unbranched alkanes of at least 4 members (excludes halogenated alkanes) is 1. The Hall–Kier alpha value is 0.0400. The van der Waals surface area contributed by atoms with Crippen molar-refractivity contribution in [2.45, 2.75) is 30.9 Å². The number of carbonyl (C=O) groups is 1. The third kappa shape index (κ3) is 2.07. The van der Waals surface area contributed by atoms with Crippen LogP contribution in [0.4, 0.5) is 0 Å². The summed E-state index contributed by atoms with van der Waals surface area (Å²) in [7, 11) is 0. The van der Waals surface area contributed by atoms with Gasteiger partial charge in [0.1, 0.15) is 0 Å². The van der Waals surface area contributed by atoms with Crippen LogP contribution in [0.3, 0.4) is 0 Å². The zero-order valence-corrected chi connectivity index (χ0v) is 12.3. The molecular weight excluding hydrogens is 298 g/mol. The summed E-state index contributed by atoms with van der Waals surface area (Å²) in [6.45, 7) is 0.932. The zero-order valence-electron chi connectivity index (χ0n) is 9.85. The molecule has 1 saturated carbocycles. The maximum absolute atomic E-state index is 12.4. The predicted octanol–water partition coefficient (Wildman–Crippen LogP) is 3.23. The summed E-state index contributed by atoms with van der Waals surface area (Å²) in [5.41, 5.74) is 0. The Bertz CT molecular complexity index is 346. The fraction of sp³-hybridized carbons (Fsp3) is 0.769. The molecule has 17 heavy (non-hydrogen) atoms. The zero-order chi connectivity index (χ0) is 11.8. The highest BCUT2D eigenvalue weighted by Gasteiger charge is 2.51. The molecule has 4 heteroatoms. The highest BCUT2D eigenvalue weighted by Crippen LogP contribution is 2.52. The summed E-state index contributed by atoms with van der Waals surface area (Å²) in [5, 5.41) is 1.59. The highest BCUT2D eigenvalue weighted by atomic mass is 79.9. The number of amides is 1. The second-order valence-electron chi connectivity index (χ2n) is 5.22. The van der Waals surface area contributed by atoms with Gasteiger partial charge in [0, 0.05) is 17.1 Å². The van der Waals surface area contributed by atoms with Gasteiger partial charge in [0.15, 0.2) is 0 Å². The van der Waals surface area contributed by atoms with Gasteiger partial charge in [-0.3, -0.25) is 9.10 Å². The number of carbonyl (C=O) groups excluding carboxylic acids is 1. The molecule has 4 aliphatic rings. The second kappa shape index (κ2) is 4.96. The molecule has 2 nitrogen and oxygen atoms in total. The van der Waals surface area contributed by atoms with Crippen molar-refractivity contribution in [2.24, 2.45) is 17.8 Å². The van der Waals surface area contributed by atoms with Crippen molar-refractivity contribution in [3.05, 3.63) is 12.2 Å². The second-order valence-corrected chi connectivity index (χ2v) is 7.21. The Labute approximate surface area is 115 Å². The van der Waals surface area contributed by atoms with Crippen molar-refractivity contribution in [1.29, 1.82) is 0 Å². The van der Waals surface area contributed by atoms with Crippen LogP contribution in [-0.4, -0.2) is 27.3 Å². The topological polar surface area (TPSA) is 20.3 Å². The van der Waals surface area contributed by atoms with Crippen LogP contribution >= 0.6 is 27.9 Å². The molecule has 0 spiro atoms. The van der Waals surface area contributed by atoms with E-state index in [1.165, 1.54) is 12.8 Å². The Morgan fingerprint density at radius 1 is 1.29 bits per heavy atom. The first-order valence-electron chi connectivity index (χ1n) is 6.53. The van der Waals surface area contributed by atoms with Gasteiger partial charge >= 0.3 is 0 Å². The minimum absolute atomic E-state index is 0.299. The SMILES string of the molecule is O=C1C2C3C=CC(CC3)C2SN1CCCCBr. The summed E-state index contributed by atoms with van der Waals surface area (Å²) in [6, 6.07) is 0. The normalized spacial score (nSPS) is 38.9. The number of allylic oxidation sites excluding steroid dienone is 2. The Kier molecular flexibility index (Phi) is 3.53. The van der Waals surface area contributed by atoms with Gasteiger partial charge in [-0.05, 0) is 49.5 Å². The van der Waals surface area contributed by atoms with E-state index in [1.54, 1.807) is 0 Å². The number of rotatable bonds is 4. The smallest absolute Gasteiger partial charge is 0.237 e. The van der Waals surface area contributed by atoms with Gasteiger partial charge in [0.05, 0.1) is 5.92 Å². The monoisotopic (exact) mass is 315 g/mol. The lowest BCUT2D eigenvalue weighted by Gasteiger charge is -2.38. The van der Waals surface area contributed by atoms with Crippen LogP contribution in [0.5, 0.6) is 0 Å². The summed E-state index contributed by atoms with van der Waals surface area (Å²) in [5.74, 6) is 1.90. The maximum Gasteiger partial charge on any atom is 0.237 e. The molecule has 0 aromatic carbocycles. The van der Waals surface area contributed by atoms with Crippen molar-refractivity contribution in [3.63, 3.8) is 0 Å². The minimum atomic E-state index is 0.299. The molecule has 1 aliphatic heterocycles.